The predicted molar refractivity (Wildman–Crippen MR) is 41.6 cm³/mol. The molecule has 0 radical (unpaired) electrons. The fourth-order valence-corrected chi connectivity index (χ4v) is 0.766. The summed E-state index contributed by atoms with van der Waals surface area (Å²) in [6, 6.07) is 0. The summed E-state index contributed by atoms with van der Waals surface area (Å²) in [6.07, 6.45) is 1.22. The molecule has 0 unspecified atom stereocenters. The van der Waals surface area contributed by atoms with Gasteiger partial charge in [0.05, 0.1) is 6.10 Å². The molecule has 0 spiro atoms. The summed E-state index contributed by atoms with van der Waals surface area (Å²) in [7, 11) is 0. The normalized spacial score (nSPS) is 19.6. The van der Waals surface area contributed by atoms with Crippen molar-refractivity contribution in [2.75, 3.05) is 6.61 Å². The zero-order valence-corrected chi connectivity index (χ0v) is 6.62. The lowest BCUT2D eigenvalue weighted by atomic mass is 9.94. The number of aliphatic hydroxyl groups excluding tert-OH is 2. The minimum absolute atomic E-state index is 0.0271. The molecule has 60 valence electrons. The smallest absolute Gasteiger partial charge is 0.0647 e. The molecule has 0 saturated carbocycles. The van der Waals surface area contributed by atoms with E-state index in [2.05, 4.69) is 6.58 Å². The molecule has 0 aliphatic rings. The van der Waals surface area contributed by atoms with Crippen LogP contribution in [-0.4, -0.2) is 22.9 Å². The molecule has 0 fully saturated rings. The van der Waals surface area contributed by atoms with Crippen LogP contribution >= 0.6 is 0 Å². The Kier molecular flexibility index (Phi) is 4.32. The number of hydrogen-bond acceptors (Lipinski definition) is 2. The van der Waals surface area contributed by atoms with Gasteiger partial charge in [-0.05, 0) is 0 Å². The van der Waals surface area contributed by atoms with Crippen LogP contribution < -0.4 is 0 Å². The van der Waals surface area contributed by atoms with E-state index in [1.165, 1.54) is 0 Å². The van der Waals surface area contributed by atoms with E-state index in [-0.39, 0.29) is 18.4 Å². The van der Waals surface area contributed by atoms with Crippen molar-refractivity contribution in [1.29, 1.82) is 0 Å². The second-order valence-corrected chi connectivity index (χ2v) is 2.75. The third-order valence-electron chi connectivity index (χ3n) is 1.78. The minimum Gasteiger partial charge on any atom is -0.396 e. The third kappa shape index (κ3) is 2.50. The maximum Gasteiger partial charge on any atom is 0.0647 e. The lowest BCUT2D eigenvalue weighted by Crippen LogP contribution is -2.26. The van der Waals surface area contributed by atoms with Crippen molar-refractivity contribution in [3.05, 3.63) is 12.7 Å². The van der Waals surface area contributed by atoms with Crippen molar-refractivity contribution in [2.45, 2.75) is 20.0 Å². The molecule has 2 nitrogen and oxygen atoms in total. The third-order valence-corrected chi connectivity index (χ3v) is 1.78. The largest absolute Gasteiger partial charge is 0.396 e. The molecule has 3 atom stereocenters. The van der Waals surface area contributed by atoms with Crippen LogP contribution in [0.2, 0.25) is 0 Å². The van der Waals surface area contributed by atoms with Gasteiger partial charge >= 0.3 is 0 Å². The summed E-state index contributed by atoms with van der Waals surface area (Å²) in [5.41, 5.74) is 0. The van der Waals surface area contributed by atoms with E-state index in [0.29, 0.717) is 0 Å². The predicted octanol–water partition coefficient (Wildman–Crippen LogP) is 0.798. The molecule has 0 heterocycles. The van der Waals surface area contributed by atoms with E-state index in [0.717, 1.165) is 0 Å². The quantitative estimate of drug-likeness (QED) is 0.573. The SMILES string of the molecule is C=C[C@H](C)[C@@H](O)[C@H](C)CO. The van der Waals surface area contributed by atoms with Crippen molar-refractivity contribution < 1.29 is 10.2 Å². The summed E-state index contributed by atoms with van der Waals surface area (Å²) in [6.45, 7) is 7.27. The second-order valence-electron chi connectivity index (χ2n) is 2.75. The summed E-state index contributed by atoms with van der Waals surface area (Å²) < 4.78 is 0. The van der Waals surface area contributed by atoms with E-state index in [9.17, 15) is 5.11 Å². The summed E-state index contributed by atoms with van der Waals surface area (Å²) in [4.78, 5) is 0. The lowest BCUT2D eigenvalue weighted by molar-refractivity contribution is 0.0514. The highest BCUT2D eigenvalue weighted by molar-refractivity contribution is 4.83. The Balaban J connectivity index is 3.80. The molecular formula is C8H16O2. The van der Waals surface area contributed by atoms with Gasteiger partial charge in [0, 0.05) is 18.4 Å². The maximum atomic E-state index is 9.35. The topological polar surface area (TPSA) is 40.5 Å². The van der Waals surface area contributed by atoms with Gasteiger partial charge < -0.3 is 10.2 Å². The first-order chi connectivity index (χ1) is 4.63. The first-order valence-electron chi connectivity index (χ1n) is 3.55. The molecule has 2 N–H and O–H groups in total. The van der Waals surface area contributed by atoms with E-state index in [4.69, 9.17) is 5.11 Å². The minimum atomic E-state index is -0.470. The molecule has 0 aromatic rings. The van der Waals surface area contributed by atoms with Crippen molar-refractivity contribution in [2.24, 2.45) is 11.8 Å². The van der Waals surface area contributed by atoms with E-state index in [1.54, 1.807) is 6.08 Å². The van der Waals surface area contributed by atoms with Gasteiger partial charge in [-0.2, -0.15) is 0 Å². The molecule has 0 rings (SSSR count). The van der Waals surface area contributed by atoms with Gasteiger partial charge in [0.1, 0.15) is 0 Å². The van der Waals surface area contributed by atoms with Crippen LogP contribution in [0.25, 0.3) is 0 Å². The van der Waals surface area contributed by atoms with Gasteiger partial charge in [-0.25, -0.2) is 0 Å². The highest BCUT2D eigenvalue weighted by Gasteiger charge is 2.17. The molecule has 0 aliphatic carbocycles. The molecule has 0 bridgehead atoms. The van der Waals surface area contributed by atoms with Gasteiger partial charge in [-0.3, -0.25) is 0 Å². The Morgan fingerprint density at radius 1 is 1.50 bits per heavy atom. The summed E-state index contributed by atoms with van der Waals surface area (Å²) in [5, 5.41) is 18.0. The van der Waals surface area contributed by atoms with E-state index < -0.39 is 6.10 Å². The molecule has 10 heavy (non-hydrogen) atoms. The Morgan fingerprint density at radius 2 is 2.00 bits per heavy atom. The van der Waals surface area contributed by atoms with E-state index >= 15 is 0 Å². The van der Waals surface area contributed by atoms with Crippen molar-refractivity contribution in [3.8, 4) is 0 Å². The fraction of sp³-hybridized carbons (Fsp3) is 0.750. The standard InChI is InChI=1S/C8H16O2/c1-4-6(2)8(10)7(3)5-9/h4,6-10H,1,5H2,2-3H3/t6-,7+,8+/m0/s1. The zero-order chi connectivity index (χ0) is 8.15. The first kappa shape index (κ1) is 9.66. The Morgan fingerprint density at radius 3 is 2.30 bits per heavy atom. The van der Waals surface area contributed by atoms with Crippen molar-refractivity contribution in [1.82, 2.24) is 0 Å². The van der Waals surface area contributed by atoms with Gasteiger partial charge in [0.25, 0.3) is 0 Å². The fourth-order valence-electron chi connectivity index (χ4n) is 0.766. The zero-order valence-electron chi connectivity index (χ0n) is 6.62. The molecule has 0 saturated heterocycles. The van der Waals surface area contributed by atoms with Crippen LogP contribution in [0.15, 0.2) is 12.7 Å². The van der Waals surface area contributed by atoms with Crippen molar-refractivity contribution >= 4 is 0 Å². The van der Waals surface area contributed by atoms with Crippen LogP contribution in [0.5, 0.6) is 0 Å². The number of rotatable bonds is 4. The molecule has 2 heteroatoms. The van der Waals surface area contributed by atoms with Crippen LogP contribution in [0.3, 0.4) is 0 Å². The van der Waals surface area contributed by atoms with Crippen LogP contribution in [0.4, 0.5) is 0 Å². The van der Waals surface area contributed by atoms with Crippen LogP contribution in [-0.2, 0) is 0 Å². The Labute approximate surface area is 62.2 Å². The van der Waals surface area contributed by atoms with Crippen molar-refractivity contribution in [3.63, 3.8) is 0 Å². The van der Waals surface area contributed by atoms with Gasteiger partial charge in [0.15, 0.2) is 0 Å². The molecule has 0 aromatic carbocycles. The second kappa shape index (κ2) is 4.47. The average molecular weight is 144 g/mol. The van der Waals surface area contributed by atoms with Gasteiger partial charge in [0.2, 0.25) is 0 Å². The molecule has 0 aliphatic heterocycles. The average Bonchev–Trinajstić information content (AvgIpc) is 2.00. The Hall–Kier alpha value is -0.340. The molecule has 0 aromatic heterocycles. The number of aliphatic hydroxyl groups is 2. The summed E-state index contributed by atoms with van der Waals surface area (Å²) >= 11 is 0. The number of hydrogen-bond donors (Lipinski definition) is 2. The highest BCUT2D eigenvalue weighted by atomic mass is 16.3. The Bertz CT molecular complexity index is 101. The summed E-state index contributed by atoms with van der Waals surface area (Å²) in [5.74, 6) is -0.00449. The van der Waals surface area contributed by atoms with E-state index in [1.807, 2.05) is 13.8 Å². The molecular weight excluding hydrogens is 128 g/mol. The van der Waals surface area contributed by atoms with Gasteiger partial charge in [-0.15, -0.1) is 6.58 Å². The monoisotopic (exact) mass is 144 g/mol. The van der Waals surface area contributed by atoms with Crippen LogP contribution in [0, 0.1) is 11.8 Å². The molecule has 0 amide bonds. The highest BCUT2D eigenvalue weighted by Crippen LogP contribution is 2.12. The first-order valence-corrected chi connectivity index (χ1v) is 3.55. The lowest BCUT2D eigenvalue weighted by Gasteiger charge is -2.20. The van der Waals surface area contributed by atoms with Gasteiger partial charge in [-0.1, -0.05) is 19.9 Å². The maximum absolute atomic E-state index is 9.35. The van der Waals surface area contributed by atoms with Crippen LogP contribution in [0.1, 0.15) is 13.8 Å².